The summed E-state index contributed by atoms with van der Waals surface area (Å²) in [7, 11) is 0. The van der Waals surface area contributed by atoms with Gasteiger partial charge < -0.3 is 5.11 Å². The Kier molecular flexibility index (Phi) is 4.36. The third kappa shape index (κ3) is 2.84. The molecule has 3 aromatic rings. The van der Waals surface area contributed by atoms with E-state index in [2.05, 4.69) is 0 Å². The molecule has 134 valence electrons. The number of carboxylic acid groups (broad SMARTS) is 1. The first-order chi connectivity index (χ1) is 12.6. The molecule has 26 heavy (non-hydrogen) atoms. The van der Waals surface area contributed by atoms with Crippen molar-refractivity contribution in [1.29, 1.82) is 0 Å². The van der Waals surface area contributed by atoms with Crippen LogP contribution in [0.25, 0.3) is 10.2 Å². The number of aliphatic carboxylic acids is 1. The number of aryl methyl sites for hydroxylation is 2. The quantitative estimate of drug-likeness (QED) is 0.764. The van der Waals surface area contributed by atoms with Gasteiger partial charge >= 0.3 is 5.97 Å². The highest BCUT2D eigenvalue weighted by Crippen LogP contribution is 2.34. The van der Waals surface area contributed by atoms with Gasteiger partial charge in [0.25, 0.3) is 5.56 Å². The summed E-state index contributed by atoms with van der Waals surface area (Å²) in [4.78, 5) is 31.7. The minimum Gasteiger partial charge on any atom is -0.480 e. The average molecular weight is 368 g/mol. The van der Waals surface area contributed by atoms with E-state index < -0.39 is 12.0 Å². The molecule has 4 rings (SSSR count). The molecule has 1 atom stereocenters. The first-order valence-corrected chi connectivity index (χ1v) is 9.70. The van der Waals surface area contributed by atoms with Gasteiger partial charge in [0.15, 0.2) is 0 Å². The van der Waals surface area contributed by atoms with E-state index in [1.807, 2.05) is 30.3 Å². The second-order valence-electron chi connectivity index (χ2n) is 6.77. The molecule has 0 aliphatic heterocycles. The summed E-state index contributed by atoms with van der Waals surface area (Å²) in [6.07, 6.45) is 4.51. The van der Waals surface area contributed by atoms with E-state index in [4.69, 9.17) is 4.98 Å². The van der Waals surface area contributed by atoms with E-state index >= 15 is 0 Å². The maximum absolute atomic E-state index is 13.3. The Balaban J connectivity index is 1.95. The predicted octanol–water partition coefficient (Wildman–Crippen LogP) is 3.57. The van der Waals surface area contributed by atoms with Gasteiger partial charge in [-0.2, -0.15) is 0 Å². The molecule has 0 saturated carbocycles. The zero-order chi connectivity index (χ0) is 18.3. The molecular formula is C20H20N2O3S. The van der Waals surface area contributed by atoms with Crippen molar-refractivity contribution in [2.45, 2.75) is 45.1 Å². The number of carbonyl (C=O) groups is 1. The molecule has 6 heteroatoms. The van der Waals surface area contributed by atoms with Crippen molar-refractivity contribution in [3.8, 4) is 0 Å². The summed E-state index contributed by atoms with van der Waals surface area (Å²) >= 11 is 1.60. The molecule has 1 aliphatic rings. The Labute approximate surface area is 154 Å². The van der Waals surface area contributed by atoms with Crippen molar-refractivity contribution in [1.82, 2.24) is 9.55 Å². The van der Waals surface area contributed by atoms with Crippen molar-refractivity contribution >= 4 is 27.5 Å². The fourth-order valence-electron chi connectivity index (χ4n) is 3.67. The maximum atomic E-state index is 13.3. The van der Waals surface area contributed by atoms with Crippen LogP contribution in [0.2, 0.25) is 0 Å². The van der Waals surface area contributed by atoms with E-state index in [9.17, 15) is 14.7 Å². The number of thiophene rings is 1. The highest BCUT2D eigenvalue weighted by Gasteiger charge is 2.26. The lowest BCUT2D eigenvalue weighted by molar-refractivity contribution is -0.140. The number of rotatable bonds is 4. The number of benzene rings is 1. The van der Waals surface area contributed by atoms with Gasteiger partial charge in [0, 0.05) is 11.3 Å². The molecule has 1 N–H and O–H groups in total. The third-order valence-electron chi connectivity index (χ3n) is 5.04. The summed E-state index contributed by atoms with van der Waals surface area (Å²) < 4.78 is 1.37. The van der Waals surface area contributed by atoms with Crippen LogP contribution in [0.15, 0.2) is 35.1 Å². The van der Waals surface area contributed by atoms with Gasteiger partial charge in [-0.1, -0.05) is 30.3 Å². The van der Waals surface area contributed by atoms with Gasteiger partial charge in [0.1, 0.15) is 16.7 Å². The molecule has 2 heterocycles. The third-order valence-corrected chi connectivity index (χ3v) is 6.23. The van der Waals surface area contributed by atoms with Crippen LogP contribution in [-0.4, -0.2) is 20.6 Å². The number of aromatic nitrogens is 2. The number of fused-ring (bicyclic) bond motifs is 3. The van der Waals surface area contributed by atoms with Crippen LogP contribution >= 0.6 is 11.3 Å². The SMILES string of the molecule is CC(C(=O)O)n1c(Cc2ccccc2)nc2sc3c(c2c1=O)CCCC3. The smallest absolute Gasteiger partial charge is 0.326 e. The van der Waals surface area contributed by atoms with Crippen molar-refractivity contribution in [3.63, 3.8) is 0 Å². The van der Waals surface area contributed by atoms with E-state index in [1.54, 1.807) is 18.3 Å². The lowest BCUT2D eigenvalue weighted by Gasteiger charge is -2.17. The molecule has 1 aliphatic carbocycles. The van der Waals surface area contributed by atoms with Crippen LogP contribution in [0.1, 0.15) is 47.6 Å². The van der Waals surface area contributed by atoms with E-state index in [0.717, 1.165) is 41.6 Å². The minimum atomic E-state index is -1.02. The minimum absolute atomic E-state index is 0.213. The molecule has 0 spiro atoms. The lowest BCUT2D eigenvalue weighted by atomic mass is 9.97. The van der Waals surface area contributed by atoms with Gasteiger partial charge in [-0.3, -0.25) is 9.36 Å². The topological polar surface area (TPSA) is 72.2 Å². The van der Waals surface area contributed by atoms with Gasteiger partial charge in [0.05, 0.1) is 5.39 Å². The molecule has 5 nitrogen and oxygen atoms in total. The second kappa shape index (κ2) is 6.68. The fourth-order valence-corrected chi connectivity index (χ4v) is 4.94. The fraction of sp³-hybridized carbons (Fsp3) is 0.350. The number of nitrogens with zero attached hydrogens (tertiary/aromatic N) is 2. The standard InChI is InChI=1S/C20H20N2O3S/c1-12(20(24)25)22-16(11-13-7-3-2-4-8-13)21-18-17(19(22)23)14-9-5-6-10-15(14)26-18/h2-4,7-8,12H,5-6,9-11H2,1H3,(H,24,25). The molecule has 0 amide bonds. The van der Waals surface area contributed by atoms with Crippen LogP contribution < -0.4 is 5.56 Å². The normalized spacial score (nSPS) is 15.0. The van der Waals surface area contributed by atoms with Crippen LogP contribution in [0.4, 0.5) is 0 Å². The van der Waals surface area contributed by atoms with Crippen LogP contribution in [0.5, 0.6) is 0 Å². The van der Waals surface area contributed by atoms with E-state index in [0.29, 0.717) is 17.6 Å². The Morgan fingerprint density at radius 3 is 2.73 bits per heavy atom. The zero-order valence-corrected chi connectivity index (χ0v) is 15.4. The van der Waals surface area contributed by atoms with Crippen molar-refractivity contribution < 1.29 is 9.90 Å². The Morgan fingerprint density at radius 1 is 1.27 bits per heavy atom. The molecule has 2 aromatic heterocycles. The summed E-state index contributed by atoms with van der Waals surface area (Å²) in [5, 5.41) is 10.2. The molecule has 0 saturated heterocycles. The summed E-state index contributed by atoms with van der Waals surface area (Å²) in [6, 6.07) is 8.77. The Morgan fingerprint density at radius 2 is 2.00 bits per heavy atom. The maximum Gasteiger partial charge on any atom is 0.326 e. The Hall–Kier alpha value is -2.47. The molecular weight excluding hydrogens is 348 g/mol. The van der Waals surface area contributed by atoms with Crippen molar-refractivity contribution in [2.24, 2.45) is 0 Å². The predicted molar refractivity (Wildman–Crippen MR) is 102 cm³/mol. The largest absolute Gasteiger partial charge is 0.480 e. The lowest BCUT2D eigenvalue weighted by Crippen LogP contribution is -2.32. The number of hydrogen-bond donors (Lipinski definition) is 1. The van der Waals surface area contributed by atoms with Gasteiger partial charge in [-0.05, 0) is 43.7 Å². The second-order valence-corrected chi connectivity index (χ2v) is 7.85. The van der Waals surface area contributed by atoms with Gasteiger partial charge in [0.2, 0.25) is 0 Å². The molecule has 0 radical (unpaired) electrons. The Bertz CT molecular complexity index is 1040. The van der Waals surface area contributed by atoms with Gasteiger partial charge in [-0.25, -0.2) is 9.78 Å². The van der Waals surface area contributed by atoms with Crippen LogP contribution in [-0.2, 0) is 24.1 Å². The molecule has 0 bridgehead atoms. The monoisotopic (exact) mass is 368 g/mol. The van der Waals surface area contributed by atoms with Crippen molar-refractivity contribution in [2.75, 3.05) is 0 Å². The van der Waals surface area contributed by atoms with Gasteiger partial charge in [-0.15, -0.1) is 11.3 Å². The van der Waals surface area contributed by atoms with Crippen molar-refractivity contribution in [3.05, 3.63) is 62.5 Å². The first-order valence-electron chi connectivity index (χ1n) is 8.88. The number of carboxylic acids is 1. The van der Waals surface area contributed by atoms with E-state index in [-0.39, 0.29) is 5.56 Å². The van der Waals surface area contributed by atoms with E-state index in [1.165, 1.54) is 9.44 Å². The highest BCUT2D eigenvalue weighted by molar-refractivity contribution is 7.18. The zero-order valence-electron chi connectivity index (χ0n) is 14.6. The first kappa shape index (κ1) is 17.0. The number of hydrogen-bond acceptors (Lipinski definition) is 4. The summed E-state index contributed by atoms with van der Waals surface area (Å²) in [5.41, 5.74) is 1.88. The van der Waals surface area contributed by atoms with Crippen LogP contribution in [0.3, 0.4) is 0 Å². The molecule has 1 unspecified atom stereocenters. The molecule has 1 aromatic carbocycles. The molecule has 0 fully saturated rings. The highest BCUT2D eigenvalue weighted by atomic mass is 32.1. The average Bonchev–Trinajstić information content (AvgIpc) is 3.00. The van der Waals surface area contributed by atoms with Crippen LogP contribution in [0, 0.1) is 0 Å². The summed E-state index contributed by atoms with van der Waals surface area (Å²) in [5.74, 6) is -0.506. The summed E-state index contributed by atoms with van der Waals surface area (Å²) in [6.45, 7) is 1.55.